The van der Waals surface area contributed by atoms with E-state index < -0.39 is 5.60 Å². The van der Waals surface area contributed by atoms with E-state index in [0.29, 0.717) is 25.1 Å². The molecular formula is C16H18N2O2. The topological polar surface area (TPSA) is 45.5 Å². The van der Waals surface area contributed by atoms with Gasteiger partial charge in [-0.15, -0.1) is 0 Å². The number of likely N-dealkylation sites (tertiary alicyclic amines) is 1. The van der Waals surface area contributed by atoms with Gasteiger partial charge in [0.1, 0.15) is 0 Å². The second-order valence-electron chi connectivity index (χ2n) is 5.61. The summed E-state index contributed by atoms with van der Waals surface area (Å²) in [5, 5.41) is 9.93. The maximum absolute atomic E-state index is 12.3. The summed E-state index contributed by atoms with van der Waals surface area (Å²) >= 11 is 0. The molecule has 1 amide bonds. The largest absolute Gasteiger partial charge is 0.388 e. The number of hydrogen-bond donors (Lipinski definition) is 1. The van der Waals surface area contributed by atoms with Crippen LogP contribution in [0.15, 0.2) is 48.8 Å². The molecule has 0 saturated carbocycles. The lowest BCUT2D eigenvalue weighted by Gasteiger charge is -2.19. The van der Waals surface area contributed by atoms with E-state index in [0.717, 1.165) is 5.69 Å². The Balaban J connectivity index is 1.76. The Kier molecular flexibility index (Phi) is 3.10. The lowest BCUT2D eigenvalue weighted by Crippen LogP contribution is -2.33. The van der Waals surface area contributed by atoms with Gasteiger partial charge in [0, 0.05) is 36.7 Å². The summed E-state index contributed by atoms with van der Waals surface area (Å²) in [6.45, 7) is 2.80. The molecule has 1 aromatic heterocycles. The maximum Gasteiger partial charge on any atom is 0.253 e. The van der Waals surface area contributed by atoms with Crippen LogP contribution in [0.25, 0.3) is 5.69 Å². The number of aliphatic hydroxyl groups is 1. The molecule has 0 radical (unpaired) electrons. The first-order valence-corrected chi connectivity index (χ1v) is 6.80. The Morgan fingerprint density at radius 2 is 1.85 bits per heavy atom. The Morgan fingerprint density at radius 3 is 2.40 bits per heavy atom. The minimum absolute atomic E-state index is 0.0122. The van der Waals surface area contributed by atoms with Crippen molar-refractivity contribution in [3.63, 3.8) is 0 Å². The number of nitrogens with zero attached hydrogens (tertiary/aromatic N) is 2. The van der Waals surface area contributed by atoms with Gasteiger partial charge in [0.15, 0.2) is 0 Å². The van der Waals surface area contributed by atoms with Gasteiger partial charge in [-0.1, -0.05) is 0 Å². The van der Waals surface area contributed by atoms with Gasteiger partial charge in [-0.25, -0.2) is 0 Å². The van der Waals surface area contributed by atoms with Gasteiger partial charge in [-0.2, -0.15) is 0 Å². The van der Waals surface area contributed by atoms with Crippen LogP contribution in [0, 0.1) is 0 Å². The van der Waals surface area contributed by atoms with Crippen LogP contribution in [0.2, 0.25) is 0 Å². The Hall–Kier alpha value is -2.07. The van der Waals surface area contributed by atoms with Crippen molar-refractivity contribution in [3.8, 4) is 5.69 Å². The fraction of sp³-hybridized carbons (Fsp3) is 0.312. The van der Waals surface area contributed by atoms with E-state index in [9.17, 15) is 9.90 Å². The first kappa shape index (κ1) is 12.9. The highest BCUT2D eigenvalue weighted by molar-refractivity contribution is 5.94. The summed E-state index contributed by atoms with van der Waals surface area (Å²) in [6.07, 6.45) is 4.57. The summed E-state index contributed by atoms with van der Waals surface area (Å²) in [5.41, 5.74) is 0.944. The quantitative estimate of drug-likeness (QED) is 0.908. The van der Waals surface area contributed by atoms with Gasteiger partial charge in [0.25, 0.3) is 5.91 Å². The smallest absolute Gasteiger partial charge is 0.253 e. The Labute approximate surface area is 118 Å². The van der Waals surface area contributed by atoms with Crippen LogP contribution in [0.5, 0.6) is 0 Å². The molecule has 1 saturated heterocycles. The normalized spacial score (nSPS) is 22.2. The number of carbonyl (C=O) groups is 1. The highest BCUT2D eigenvalue weighted by Gasteiger charge is 2.34. The third kappa shape index (κ3) is 2.47. The molecule has 2 heterocycles. The van der Waals surface area contributed by atoms with Gasteiger partial charge in [0.05, 0.1) is 5.60 Å². The van der Waals surface area contributed by atoms with Crippen LogP contribution in [0.1, 0.15) is 23.7 Å². The molecule has 1 N–H and O–H groups in total. The molecule has 1 fully saturated rings. The molecule has 20 heavy (non-hydrogen) atoms. The average Bonchev–Trinajstić information content (AvgIpc) is 3.07. The monoisotopic (exact) mass is 270 g/mol. The van der Waals surface area contributed by atoms with Crippen LogP contribution in [-0.2, 0) is 0 Å². The molecule has 1 aliphatic heterocycles. The van der Waals surface area contributed by atoms with E-state index in [-0.39, 0.29) is 5.91 Å². The van der Waals surface area contributed by atoms with Gasteiger partial charge in [-0.3, -0.25) is 4.79 Å². The van der Waals surface area contributed by atoms with Crippen LogP contribution >= 0.6 is 0 Å². The Morgan fingerprint density at radius 1 is 1.20 bits per heavy atom. The number of rotatable bonds is 2. The van der Waals surface area contributed by atoms with Crippen molar-refractivity contribution in [3.05, 3.63) is 54.4 Å². The summed E-state index contributed by atoms with van der Waals surface area (Å²) in [6, 6.07) is 11.5. The van der Waals surface area contributed by atoms with Crippen molar-refractivity contribution in [1.29, 1.82) is 0 Å². The SMILES string of the molecule is CC1(O)CCN(C(=O)c2ccc(-n3cccc3)cc2)C1. The fourth-order valence-electron chi connectivity index (χ4n) is 2.58. The molecule has 4 nitrogen and oxygen atoms in total. The van der Waals surface area contributed by atoms with E-state index in [2.05, 4.69) is 0 Å². The molecule has 0 bridgehead atoms. The fourth-order valence-corrected chi connectivity index (χ4v) is 2.58. The van der Waals surface area contributed by atoms with Crippen molar-refractivity contribution >= 4 is 5.91 Å². The zero-order chi connectivity index (χ0) is 14.2. The maximum atomic E-state index is 12.3. The van der Waals surface area contributed by atoms with Gasteiger partial charge in [0.2, 0.25) is 0 Å². The third-order valence-electron chi connectivity index (χ3n) is 3.76. The molecule has 0 aliphatic carbocycles. The second-order valence-corrected chi connectivity index (χ2v) is 5.61. The van der Waals surface area contributed by atoms with Crippen LogP contribution in [-0.4, -0.2) is 39.2 Å². The van der Waals surface area contributed by atoms with Crippen LogP contribution < -0.4 is 0 Å². The van der Waals surface area contributed by atoms with Gasteiger partial charge < -0.3 is 14.6 Å². The number of β-amino-alcohol motifs (C(OH)–C–C–N with tert-alkyl or cyclic N) is 1. The number of amides is 1. The average molecular weight is 270 g/mol. The molecule has 3 rings (SSSR count). The van der Waals surface area contributed by atoms with Crippen molar-refractivity contribution in [1.82, 2.24) is 9.47 Å². The molecule has 2 aromatic rings. The van der Waals surface area contributed by atoms with Gasteiger partial charge >= 0.3 is 0 Å². The molecule has 1 aromatic carbocycles. The summed E-state index contributed by atoms with van der Waals surface area (Å²) in [5.74, 6) is -0.0122. The van der Waals surface area contributed by atoms with E-state index in [1.807, 2.05) is 53.4 Å². The summed E-state index contributed by atoms with van der Waals surface area (Å²) < 4.78 is 1.99. The van der Waals surface area contributed by atoms with Gasteiger partial charge in [-0.05, 0) is 49.7 Å². The lowest BCUT2D eigenvalue weighted by molar-refractivity contribution is 0.0572. The molecule has 1 atom stereocenters. The molecule has 0 spiro atoms. The van der Waals surface area contributed by atoms with Crippen molar-refractivity contribution < 1.29 is 9.90 Å². The predicted molar refractivity (Wildman–Crippen MR) is 76.9 cm³/mol. The first-order chi connectivity index (χ1) is 9.55. The molecule has 4 heteroatoms. The zero-order valence-corrected chi connectivity index (χ0v) is 11.5. The van der Waals surface area contributed by atoms with Crippen LogP contribution in [0.4, 0.5) is 0 Å². The molecular weight excluding hydrogens is 252 g/mol. The highest BCUT2D eigenvalue weighted by Crippen LogP contribution is 2.22. The van der Waals surface area contributed by atoms with Crippen molar-refractivity contribution in [2.24, 2.45) is 0 Å². The number of hydrogen-bond acceptors (Lipinski definition) is 2. The highest BCUT2D eigenvalue weighted by atomic mass is 16.3. The van der Waals surface area contributed by atoms with Crippen LogP contribution in [0.3, 0.4) is 0 Å². The standard InChI is InChI=1S/C16H18N2O2/c1-16(20)8-11-18(12-16)15(19)13-4-6-14(7-5-13)17-9-2-3-10-17/h2-7,9-10,20H,8,11-12H2,1H3. The minimum atomic E-state index is -0.749. The lowest BCUT2D eigenvalue weighted by atomic mass is 10.1. The molecule has 1 aliphatic rings. The van der Waals surface area contributed by atoms with E-state index in [1.54, 1.807) is 11.8 Å². The zero-order valence-electron chi connectivity index (χ0n) is 11.5. The van der Waals surface area contributed by atoms with E-state index >= 15 is 0 Å². The predicted octanol–water partition coefficient (Wildman–Crippen LogP) is 2.07. The van der Waals surface area contributed by atoms with Crippen molar-refractivity contribution in [2.75, 3.05) is 13.1 Å². The number of carbonyl (C=O) groups excluding carboxylic acids is 1. The van der Waals surface area contributed by atoms with Crippen molar-refractivity contribution in [2.45, 2.75) is 18.9 Å². The first-order valence-electron chi connectivity index (χ1n) is 6.80. The van der Waals surface area contributed by atoms with E-state index in [4.69, 9.17) is 0 Å². The summed E-state index contributed by atoms with van der Waals surface area (Å²) in [4.78, 5) is 14.1. The molecule has 1 unspecified atom stereocenters. The summed E-state index contributed by atoms with van der Waals surface area (Å²) in [7, 11) is 0. The second kappa shape index (κ2) is 4.80. The third-order valence-corrected chi connectivity index (χ3v) is 3.76. The Bertz CT molecular complexity index is 600. The number of benzene rings is 1. The molecule has 104 valence electrons. The number of aromatic nitrogens is 1. The minimum Gasteiger partial charge on any atom is -0.388 e. The van der Waals surface area contributed by atoms with E-state index in [1.165, 1.54) is 0 Å².